The molecule has 3 heteroatoms. The molecule has 3 aromatic rings. The van der Waals surface area contributed by atoms with E-state index in [-0.39, 0.29) is 0 Å². The van der Waals surface area contributed by atoms with E-state index in [9.17, 15) is 0 Å². The van der Waals surface area contributed by atoms with Crippen molar-refractivity contribution in [3.8, 4) is 16.9 Å². The molecule has 0 saturated carbocycles. The van der Waals surface area contributed by atoms with Crippen molar-refractivity contribution in [1.29, 1.82) is 0 Å². The summed E-state index contributed by atoms with van der Waals surface area (Å²) < 4.78 is 11.7. The van der Waals surface area contributed by atoms with Crippen LogP contribution in [0.4, 0.5) is 0 Å². The smallest absolute Gasteiger partial charge is 0.198 e. The fraction of sp³-hybridized carbons (Fsp3) is 0.190. The molecule has 0 atom stereocenters. The van der Waals surface area contributed by atoms with E-state index in [1.54, 1.807) is 0 Å². The summed E-state index contributed by atoms with van der Waals surface area (Å²) in [6.45, 7) is 7.90. The molecule has 0 aliphatic heterocycles. The van der Waals surface area contributed by atoms with Crippen LogP contribution in [0.2, 0.25) is 0 Å². The van der Waals surface area contributed by atoms with Crippen molar-refractivity contribution >= 4 is 23.2 Å². The summed E-state index contributed by atoms with van der Waals surface area (Å²) in [4.78, 5) is 0. The molecule has 2 nitrogen and oxygen atoms in total. The number of rotatable bonds is 5. The Kier molecular flexibility index (Phi) is 4.81. The van der Waals surface area contributed by atoms with E-state index >= 15 is 0 Å². The van der Waals surface area contributed by atoms with Crippen LogP contribution in [0.25, 0.3) is 22.1 Å². The maximum Gasteiger partial charge on any atom is 0.198 e. The summed E-state index contributed by atoms with van der Waals surface area (Å²) in [5.74, 6) is 0.685. The van der Waals surface area contributed by atoms with Gasteiger partial charge in [-0.1, -0.05) is 38.6 Å². The van der Waals surface area contributed by atoms with Gasteiger partial charge in [0.15, 0.2) is 4.71 Å². The molecule has 2 aromatic carbocycles. The summed E-state index contributed by atoms with van der Waals surface area (Å²) >= 11 is 5.51. The molecule has 1 aromatic heterocycles. The number of benzene rings is 2. The minimum absolute atomic E-state index is 0.497. The molecule has 0 fully saturated rings. The van der Waals surface area contributed by atoms with E-state index in [0.29, 0.717) is 16.0 Å². The van der Waals surface area contributed by atoms with E-state index in [1.807, 2.05) is 18.2 Å². The van der Waals surface area contributed by atoms with Crippen LogP contribution < -0.4 is 4.74 Å². The fourth-order valence-electron chi connectivity index (χ4n) is 2.87. The van der Waals surface area contributed by atoms with Gasteiger partial charge in [0, 0.05) is 17.0 Å². The van der Waals surface area contributed by atoms with Crippen LogP contribution in [0.5, 0.6) is 5.75 Å². The van der Waals surface area contributed by atoms with Crippen LogP contribution >= 0.6 is 12.2 Å². The first-order valence-corrected chi connectivity index (χ1v) is 8.54. The van der Waals surface area contributed by atoms with E-state index < -0.39 is 0 Å². The lowest BCUT2D eigenvalue weighted by Crippen LogP contribution is -1.92. The summed E-state index contributed by atoms with van der Waals surface area (Å²) in [6.07, 6.45) is 3.39. The Labute approximate surface area is 147 Å². The maximum absolute atomic E-state index is 5.89. The van der Waals surface area contributed by atoms with Gasteiger partial charge in [-0.15, -0.1) is 0 Å². The molecule has 24 heavy (non-hydrogen) atoms. The monoisotopic (exact) mass is 336 g/mol. The Hall–Kier alpha value is -2.39. The average molecular weight is 336 g/mol. The van der Waals surface area contributed by atoms with Gasteiger partial charge >= 0.3 is 0 Å². The number of fused-ring (bicyclic) bond motifs is 1. The second kappa shape index (κ2) is 7.02. The second-order valence-electron chi connectivity index (χ2n) is 5.63. The summed E-state index contributed by atoms with van der Waals surface area (Å²) in [6, 6.07) is 14.4. The van der Waals surface area contributed by atoms with Crippen molar-refractivity contribution in [3.05, 3.63) is 71.1 Å². The Bertz CT molecular complexity index is 954. The standard InChI is InChI=1S/C21H20O2S/c1-4-14-7-10-18(15(5-2)11-14)19-12-16-8-9-17(22-6-3)13-20(16)23-21(19)24/h6-13H,3-5H2,1-2H3. The Morgan fingerprint density at radius 1 is 1.04 bits per heavy atom. The van der Waals surface area contributed by atoms with Crippen molar-refractivity contribution in [2.45, 2.75) is 26.7 Å². The number of aryl methyl sites for hydroxylation is 2. The molecule has 0 saturated heterocycles. The van der Waals surface area contributed by atoms with Gasteiger partial charge in [-0.3, -0.25) is 0 Å². The largest absolute Gasteiger partial charge is 0.465 e. The third-order valence-corrected chi connectivity index (χ3v) is 4.48. The molecular weight excluding hydrogens is 316 g/mol. The minimum atomic E-state index is 0.497. The molecule has 122 valence electrons. The van der Waals surface area contributed by atoms with Crippen LogP contribution in [0.1, 0.15) is 25.0 Å². The van der Waals surface area contributed by atoms with Gasteiger partial charge in [0.05, 0.1) is 6.26 Å². The zero-order valence-corrected chi connectivity index (χ0v) is 14.8. The Morgan fingerprint density at radius 2 is 1.88 bits per heavy atom. The topological polar surface area (TPSA) is 22.4 Å². The van der Waals surface area contributed by atoms with Gasteiger partial charge in [-0.25, -0.2) is 0 Å². The molecule has 3 rings (SSSR count). The normalized spacial score (nSPS) is 10.8. The van der Waals surface area contributed by atoms with Crippen molar-refractivity contribution in [2.24, 2.45) is 0 Å². The third kappa shape index (κ3) is 3.13. The highest BCUT2D eigenvalue weighted by atomic mass is 32.1. The van der Waals surface area contributed by atoms with E-state index in [0.717, 1.165) is 29.4 Å². The fourth-order valence-corrected chi connectivity index (χ4v) is 3.13. The number of hydrogen-bond donors (Lipinski definition) is 0. The first-order valence-electron chi connectivity index (χ1n) is 8.14. The molecule has 0 aliphatic carbocycles. The van der Waals surface area contributed by atoms with Gasteiger partial charge in [0.1, 0.15) is 11.3 Å². The van der Waals surface area contributed by atoms with Gasteiger partial charge in [0.2, 0.25) is 0 Å². The molecular formula is C21H20O2S. The van der Waals surface area contributed by atoms with E-state index in [4.69, 9.17) is 21.4 Å². The summed E-state index contributed by atoms with van der Waals surface area (Å²) in [5.41, 5.74) is 5.46. The third-order valence-electron chi connectivity index (χ3n) is 4.18. The van der Waals surface area contributed by atoms with Crippen molar-refractivity contribution in [3.63, 3.8) is 0 Å². The molecule has 0 bridgehead atoms. The Balaban J connectivity index is 2.17. The quantitative estimate of drug-likeness (QED) is 0.393. The van der Waals surface area contributed by atoms with Crippen molar-refractivity contribution in [1.82, 2.24) is 0 Å². The maximum atomic E-state index is 5.89. The van der Waals surface area contributed by atoms with Crippen LogP contribution in [0.15, 0.2) is 59.7 Å². The molecule has 0 aliphatic rings. The lowest BCUT2D eigenvalue weighted by atomic mass is 9.96. The van der Waals surface area contributed by atoms with Gasteiger partial charge in [-0.2, -0.15) is 0 Å². The number of hydrogen-bond acceptors (Lipinski definition) is 3. The molecule has 1 heterocycles. The van der Waals surface area contributed by atoms with Gasteiger partial charge in [-0.05, 0) is 59.9 Å². The summed E-state index contributed by atoms with van der Waals surface area (Å²) in [7, 11) is 0. The van der Waals surface area contributed by atoms with Crippen LogP contribution in [0, 0.1) is 4.71 Å². The predicted molar refractivity (Wildman–Crippen MR) is 102 cm³/mol. The first-order chi connectivity index (χ1) is 11.7. The highest BCUT2D eigenvalue weighted by Gasteiger charge is 2.10. The van der Waals surface area contributed by atoms with Gasteiger partial charge < -0.3 is 9.15 Å². The predicted octanol–water partition coefficient (Wildman–Crippen LogP) is 6.48. The zero-order valence-electron chi connectivity index (χ0n) is 14.0. The lowest BCUT2D eigenvalue weighted by molar-refractivity contribution is 0.482. The second-order valence-corrected chi connectivity index (χ2v) is 6.00. The zero-order chi connectivity index (χ0) is 17.1. The first kappa shape index (κ1) is 16.5. The Morgan fingerprint density at radius 3 is 2.58 bits per heavy atom. The highest BCUT2D eigenvalue weighted by molar-refractivity contribution is 7.71. The van der Waals surface area contributed by atoms with E-state index in [1.165, 1.54) is 17.4 Å². The van der Waals surface area contributed by atoms with Crippen molar-refractivity contribution in [2.75, 3.05) is 0 Å². The molecule has 0 radical (unpaired) electrons. The van der Waals surface area contributed by atoms with Gasteiger partial charge in [0.25, 0.3) is 0 Å². The lowest BCUT2D eigenvalue weighted by Gasteiger charge is -2.11. The molecule has 0 amide bonds. The van der Waals surface area contributed by atoms with Crippen LogP contribution in [-0.4, -0.2) is 0 Å². The summed E-state index contributed by atoms with van der Waals surface area (Å²) in [5, 5.41) is 0.997. The number of ether oxygens (including phenoxy) is 1. The van der Waals surface area contributed by atoms with Crippen molar-refractivity contribution < 1.29 is 9.15 Å². The highest BCUT2D eigenvalue weighted by Crippen LogP contribution is 2.31. The van der Waals surface area contributed by atoms with Crippen LogP contribution in [0.3, 0.4) is 0 Å². The molecule has 0 N–H and O–H groups in total. The molecule has 0 spiro atoms. The van der Waals surface area contributed by atoms with Crippen LogP contribution in [-0.2, 0) is 12.8 Å². The molecule has 0 unspecified atom stereocenters. The average Bonchev–Trinajstić information content (AvgIpc) is 2.61. The SMILES string of the molecule is C=COc1ccc2cc(-c3ccc(CC)cc3CC)c(=S)oc2c1. The van der Waals surface area contributed by atoms with E-state index in [2.05, 4.69) is 44.7 Å². The minimum Gasteiger partial charge on any atom is -0.465 e.